The van der Waals surface area contributed by atoms with E-state index in [0.29, 0.717) is 36.2 Å². The van der Waals surface area contributed by atoms with Crippen molar-refractivity contribution in [3.05, 3.63) is 77.4 Å². The molecule has 2 heterocycles. The topological polar surface area (TPSA) is 99.6 Å². The highest BCUT2D eigenvalue weighted by molar-refractivity contribution is 5.91. The molecule has 4 rings (SSSR count). The van der Waals surface area contributed by atoms with Crippen molar-refractivity contribution in [3.63, 3.8) is 0 Å². The molecule has 0 unspecified atom stereocenters. The molecule has 0 spiro atoms. The number of rotatable bonds is 7. The molecule has 0 saturated heterocycles. The second-order valence-corrected chi connectivity index (χ2v) is 7.19. The average Bonchev–Trinajstić information content (AvgIpc) is 3.32. The minimum Gasteiger partial charge on any atom is -0.495 e. The van der Waals surface area contributed by atoms with E-state index >= 15 is 0 Å². The lowest BCUT2D eigenvalue weighted by Crippen LogP contribution is -2.08. The lowest BCUT2D eigenvalue weighted by atomic mass is 10.1. The van der Waals surface area contributed by atoms with Crippen molar-refractivity contribution in [1.29, 1.82) is 0 Å². The number of benzene rings is 1. The fourth-order valence-corrected chi connectivity index (χ4v) is 3.61. The molecule has 164 valence electrons. The molecular weight excluding hydrogens is 410 g/mol. The van der Waals surface area contributed by atoms with Crippen LogP contribution in [0.2, 0.25) is 0 Å². The van der Waals surface area contributed by atoms with Crippen LogP contribution in [0.1, 0.15) is 23.6 Å². The maximum absolute atomic E-state index is 11.4. The van der Waals surface area contributed by atoms with Crippen LogP contribution in [0.15, 0.2) is 64.6 Å². The van der Waals surface area contributed by atoms with Crippen LogP contribution >= 0.6 is 0 Å². The Morgan fingerprint density at radius 1 is 1.12 bits per heavy atom. The number of para-hydroxylation sites is 1. The fourth-order valence-electron chi connectivity index (χ4n) is 3.61. The first-order valence-electron chi connectivity index (χ1n) is 10.0. The van der Waals surface area contributed by atoms with Crippen molar-refractivity contribution < 1.29 is 23.8 Å². The maximum Gasteiger partial charge on any atom is 0.335 e. The maximum atomic E-state index is 11.4. The van der Waals surface area contributed by atoms with Gasteiger partial charge in [-0.25, -0.2) is 4.79 Å². The highest BCUT2D eigenvalue weighted by atomic mass is 16.5. The third-order valence-corrected chi connectivity index (χ3v) is 5.07. The van der Waals surface area contributed by atoms with Crippen LogP contribution < -0.4 is 4.74 Å². The summed E-state index contributed by atoms with van der Waals surface area (Å²) < 4.78 is 18.8. The molecule has 3 aromatic rings. The first-order chi connectivity index (χ1) is 15.5. The number of hydrogen-bond acceptors (Lipinski definition) is 6. The number of carbonyl (C=O) groups is 1. The van der Waals surface area contributed by atoms with Crippen LogP contribution in [-0.4, -0.2) is 40.1 Å². The van der Waals surface area contributed by atoms with E-state index in [-0.39, 0.29) is 5.57 Å². The average molecular weight is 433 g/mol. The Balaban J connectivity index is 1.96. The molecule has 2 aromatic heterocycles. The number of nitrogens with zero attached hydrogens (tertiary/aromatic N) is 3. The Labute approximate surface area is 185 Å². The largest absolute Gasteiger partial charge is 0.495 e. The van der Waals surface area contributed by atoms with Gasteiger partial charge < -0.3 is 19.0 Å². The number of furan rings is 1. The first-order valence-corrected chi connectivity index (χ1v) is 10.0. The zero-order valence-corrected chi connectivity index (χ0v) is 18.0. The molecule has 0 amide bonds. The summed E-state index contributed by atoms with van der Waals surface area (Å²) in [5.41, 5.74) is 2.56. The molecule has 1 N–H and O–H groups in total. The van der Waals surface area contributed by atoms with E-state index in [1.807, 2.05) is 47.9 Å². The molecule has 0 bridgehead atoms. The van der Waals surface area contributed by atoms with Crippen LogP contribution in [0, 0.1) is 6.92 Å². The lowest BCUT2D eigenvalue weighted by Gasteiger charge is -2.17. The summed E-state index contributed by atoms with van der Waals surface area (Å²) in [5, 5.41) is 18.2. The van der Waals surface area contributed by atoms with Crippen LogP contribution in [0.25, 0.3) is 22.8 Å². The number of aromatic nitrogens is 3. The van der Waals surface area contributed by atoms with Gasteiger partial charge in [0.05, 0.1) is 25.0 Å². The minimum atomic E-state index is -0.976. The summed E-state index contributed by atoms with van der Waals surface area (Å²) in [4.78, 5) is 11.4. The monoisotopic (exact) mass is 433 g/mol. The Bertz CT molecular complexity index is 1250. The van der Waals surface area contributed by atoms with Crippen molar-refractivity contribution in [2.45, 2.75) is 20.0 Å². The molecule has 1 aliphatic carbocycles. The molecule has 0 radical (unpaired) electrons. The molecule has 0 aliphatic heterocycles. The van der Waals surface area contributed by atoms with Crippen molar-refractivity contribution in [3.8, 4) is 23.0 Å². The zero-order valence-electron chi connectivity index (χ0n) is 18.0. The SMILES string of the molecule is COCc1cccc(OC)c1-n1c(C2=CCC=C(C(=O)O)C=C2)nnc1-c1ccc(C)o1. The van der Waals surface area contributed by atoms with Gasteiger partial charge in [-0.1, -0.05) is 30.4 Å². The molecule has 32 heavy (non-hydrogen) atoms. The van der Waals surface area contributed by atoms with Gasteiger partial charge in [0, 0.05) is 18.2 Å². The van der Waals surface area contributed by atoms with Gasteiger partial charge in [-0.05, 0) is 37.6 Å². The summed E-state index contributed by atoms with van der Waals surface area (Å²) in [6.45, 7) is 2.21. The smallest absolute Gasteiger partial charge is 0.335 e. The normalized spacial score (nSPS) is 13.5. The number of methoxy groups -OCH3 is 2. The van der Waals surface area contributed by atoms with Gasteiger partial charge in [0.1, 0.15) is 11.5 Å². The van der Waals surface area contributed by atoms with E-state index in [4.69, 9.17) is 13.9 Å². The number of aryl methyl sites for hydroxylation is 1. The number of carboxylic acid groups (broad SMARTS) is 1. The molecule has 0 atom stereocenters. The first kappa shape index (κ1) is 21.3. The van der Waals surface area contributed by atoms with Gasteiger partial charge in [0.15, 0.2) is 11.6 Å². The quantitative estimate of drug-likeness (QED) is 0.591. The minimum absolute atomic E-state index is 0.224. The summed E-state index contributed by atoms with van der Waals surface area (Å²) in [7, 11) is 3.23. The molecule has 0 saturated carbocycles. The van der Waals surface area contributed by atoms with Gasteiger partial charge in [0.25, 0.3) is 0 Å². The van der Waals surface area contributed by atoms with Crippen molar-refractivity contribution in [2.75, 3.05) is 14.2 Å². The zero-order chi connectivity index (χ0) is 22.7. The van der Waals surface area contributed by atoms with Gasteiger partial charge in [-0.15, -0.1) is 10.2 Å². The van der Waals surface area contributed by atoms with Gasteiger partial charge >= 0.3 is 5.97 Å². The van der Waals surface area contributed by atoms with E-state index in [2.05, 4.69) is 10.2 Å². The molecule has 1 aliphatic rings. The van der Waals surface area contributed by atoms with Gasteiger partial charge in [0.2, 0.25) is 5.82 Å². The Morgan fingerprint density at radius 3 is 2.62 bits per heavy atom. The van der Waals surface area contributed by atoms with Crippen LogP contribution in [0.3, 0.4) is 0 Å². The van der Waals surface area contributed by atoms with E-state index in [1.165, 1.54) is 0 Å². The summed E-state index contributed by atoms with van der Waals surface area (Å²) in [6, 6.07) is 9.40. The second-order valence-electron chi connectivity index (χ2n) is 7.19. The Hall–Kier alpha value is -3.91. The van der Waals surface area contributed by atoms with Crippen LogP contribution in [0.5, 0.6) is 5.75 Å². The number of ether oxygens (including phenoxy) is 2. The predicted octanol–water partition coefficient (Wildman–Crippen LogP) is 4.35. The number of allylic oxidation sites excluding steroid dienone is 4. The standard InChI is InChI=1S/C24H23N3O5/c1-15-10-13-20(32-15)23-26-25-22(16-6-4-7-17(12-11-16)24(28)29)27(23)21-18(14-30-2)8-5-9-19(21)31-3/h5-13H,4,14H2,1-3H3,(H,28,29). The highest BCUT2D eigenvalue weighted by Crippen LogP contribution is 2.35. The second kappa shape index (κ2) is 9.07. The number of hydrogen-bond donors (Lipinski definition) is 1. The molecule has 8 nitrogen and oxygen atoms in total. The summed E-state index contributed by atoms with van der Waals surface area (Å²) in [6.07, 6.45) is 7.31. The molecular formula is C24H23N3O5. The van der Waals surface area contributed by atoms with E-state index in [1.54, 1.807) is 32.4 Å². The lowest BCUT2D eigenvalue weighted by molar-refractivity contribution is -0.132. The third-order valence-electron chi connectivity index (χ3n) is 5.07. The molecule has 1 aromatic carbocycles. The summed E-state index contributed by atoms with van der Waals surface area (Å²) in [5.74, 6) is 1.98. The summed E-state index contributed by atoms with van der Waals surface area (Å²) >= 11 is 0. The molecule has 0 fully saturated rings. The van der Waals surface area contributed by atoms with E-state index < -0.39 is 5.97 Å². The fraction of sp³-hybridized carbons (Fsp3) is 0.208. The predicted molar refractivity (Wildman–Crippen MR) is 119 cm³/mol. The number of carboxylic acids is 1. The van der Waals surface area contributed by atoms with Crippen molar-refractivity contribution >= 4 is 11.5 Å². The highest BCUT2D eigenvalue weighted by Gasteiger charge is 2.24. The van der Waals surface area contributed by atoms with Crippen LogP contribution in [0.4, 0.5) is 0 Å². The van der Waals surface area contributed by atoms with Gasteiger partial charge in [-0.2, -0.15) is 0 Å². The van der Waals surface area contributed by atoms with E-state index in [0.717, 1.165) is 22.6 Å². The van der Waals surface area contributed by atoms with Gasteiger partial charge in [-0.3, -0.25) is 4.57 Å². The van der Waals surface area contributed by atoms with Crippen LogP contribution in [-0.2, 0) is 16.1 Å². The van der Waals surface area contributed by atoms with Crippen molar-refractivity contribution in [2.24, 2.45) is 0 Å². The van der Waals surface area contributed by atoms with Crippen molar-refractivity contribution in [1.82, 2.24) is 14.8 Å². The third kappa shape index (κ3) is 4.00. The Kier molecular flexibility index (Phi) is 6.04. The number of aliphatic carboxylic acids is 1. The Morgan fingerprint density at radius 2 is 1.94 bits per heavy atom. The van der Waals surface area contributed by atoms with E-state index in [9.17, 15) is 9.90 Å². The molecule has 8 heteroatoms.